The van der Waals surface area contributed by atoms with Crippen LogP contribution in [0.2, 0.25) is 0 Å². The zero-order valence-corrected chi connectivity index (χ0v) is 18.1. The fourth-order valence-electron chi connectivity index (χ4n) is 4.16. The minimum Gasteiger partial charge on any atom is -0.493 e. The summed E-state index contributed by atoms with van der Waals surface area (Å²) in [5.41, 5.74) is 2.07. The van der Waals surface area contributed by atoms with Gasteiger partial charge in [-0.05, 0) is 36.4 Å². The molecule has 0 atom stereocenters. The molecule has 2 aliphatic heterocycles. The van der Waals surface area contributed by atoms with Crippen molar-refractivity contribution in [1.29, 1.82) is 0 Å². The Balaban J connectivity index is 1.81. The first-order chi connectivity index (χ1) is 15.1. The number of anilines is 1. The van der Waals surface area contributed by atoms with Crippen LogP contribution >= 0.6 is 0 Å². The van der Waals surface area contributed by atoms with E-state index < -0.39 is 0 Å². The second-order valence-corrected chi connectivity index (χ2v) is 7.50. The second-order valence-electron chi connectivity index (χ2n) is 7.50. The van der Waals surface area contributed by atoms with Gasteiger partial charge in [0.25, 0.3) is 11.8 Å². The van der Waals surface area contributed by atoms with E-state index in [-0.39, 0.29) is 11.8 Å². The van der Waals surface area contributed by atoms with Gasteiger partial charge in [-0.1, -0.05) is 31.2 Å². The molecule has 0 unspecified atom stereocenters. The molecule has 2 aromatic carbocycles. The molecule has 2 aliphatic rings. The van der Waals surface area contributed by atoms with Crippen LogP contribution in [0.5, 0.6) is 11.5 Å². The molecule has 31 heavy (non-hydrogen) atoms. The van der Waals surface area contributed by atoms with Crippen molar-refractivity contribution < 1.29 is 19.1 Å². The third kappa shape index (κ3) is 3.77. The fourth-order valence-corrected chi connectivity index (χ4v) is 4.16. The van der Waals surface area contributed by atoms with Gasteiger partial charge in [0.1, 0.15) is 5.70 Å². The summed E-state index contributed by atoms with van der Waals surface area (Å²) in [6.45, 7) is 6.20. The average molecular weight is 421 g/mol. The molecule has 0 radical (unpaired) electrons. The van der Waals surface area contributed by atoms with Crippen molar-refractivity contribution in [3.8, 4) is 11.5 Å². The molecule has 2 aromatic rings. The van der Waals surface area contributed by atoms with Crippen molar-refractivity contribution in [1.82, 2.24) is 9.80 Å². The fraction of sp³-hybridized carbons (Fsp3) is 0.333. The number of hydrogen-bond donors (Lipinski definition) is 0. The van der Waals surface area contributed by atoms with Gasteiger partial charge < -0.3 is 19.3 Å². The van der Waals surface area contributed by atoms with Gasteiger partial charge in [-0.2, -0.15) is 0 Å². The number of imide groups is 1. The molecule has 1 saturated heterocycles. The number of piperazine rings is 1. The van der Waals surface area contributed by atoms with Gasteiger partial charge in [0.2, 0.25) is 0 Å². The molecular weight excluding hydrogens is 394 g/mol. The summed E-state index contributed by atoms with van der Waals surface area (Å²) in [6.07, 6.45) is 0. The predicted molar refractivity (Wildman–Crippen MR) is 119 cm³/mol. The molecular formula is C24H27N3O4. The van der Waals surface area contributed by atoms with E-state index in [2.05, 4.69) is 11.8 Å². The number of methoxy groups -OCH3 is 2. The van der Waals surface area contributed by atoms with E-state index in [1.54, 1.807) is 44.6 Å². The van der Waals surface area contributed by atoms with Gasteiger partial charge in [0.05, 0.1) is 25.5 Å². The third-order valence-electron chi connectivity index (χ3n) is 5.88. The summed E-state index contributed by atoms with van der Waals surface area (Å²) in [6, 6.07) is 14.4. The number of ether oxygens (including phenoxy) is 2. The molecule has 0 aromatic heterocycles. The summed E-state index contributed by atoms with van der Waals surface area (Å²) in [5.74, 6) is 0.477. The van der Waals surface area contributed by atoms with Gasteiger partial charge in [-0.25, -0.2) is 4.90 Å². The Morgan fingerprint density at radius 1 is 0.839 bits per heavy atom. The van der Waals surface area contributed by atoms with Crippen LogP contribution in [0.15, 0.2) is 54.2 Å². The van der Waals surface area contributed by atoms with Crippen LogP contribution in [-0.4, -0.2) is 68.6 Å². The maximum absolute atomic E-state index is 13.6. The Bertz CT molecular complexity index is 1010. The van der Waals surface area contributed by atoms with E-state index in [4.69, 9.17) is 9.47 Å². The maximum atomic E-state index is 13.6. The molecule has 7 nitrogen and oxygen atoms in total. The number of rotatable bonds is 6. The van der Waals surface area contributed by atoms with Crippen LogP contribution < -0.4 is 14.4 Å². The SMILES string of the molecule is CCN1CCN(C2=C(c3ccc(OC)c(OC)c3)C(=O)N(c3ccccc3)C2=O)CC1. The Morgan fingerprint density at radius 3 is 2.13 bits per heavy atom. The largest absolute Gasteiger partial charge is 0.493 e. The molecule has 0 N–H and O–H groups in total. The highest BCUT2D eigenvalue weighted by atomic mass is 16.5. The van der Waals surface area contributed by atoms with Crippen LogP contribution in [0.4, 0.5) is 5.69 Å². The lowest BCUT2D eigenvalue weighted by Crippen LogP contribution is -2.47. The van der Waals surface area contributed by atoms with E-state index in [0.717, 1.165) is 19.6 Å². The van der Waals surface area contributed by atoms with E-state index in [1.165, 1.54) is 4.90 Å². The zero-order valence-electron chi connectivity index (χ0n) is 18.1. The van der Waals surface area contributed by atoms with Crippen molar-refractivity contribution in [3.05, 3.63) is 59.8 Å². The number of likely N-dealkylation sites (N-methyl/N-ethyl adjacent to an activating group) is 1. The standard InChI is InChI=1S/C24H27N3O4/c1-4-25-12-14-26(15-13-25)22-21(17-10-11-19(30-2)20(16-17)31-3)23(28)27(24(22)29)18-8-6-5-7-9-18/h5-11,16H,4,12-15H2,1-3H3. The molecule has 0 saturated carbocycles. The van der Waals surface area contributed by atoms with E-state index in [0.29, 0.717) is 47.1 Å². The number of amides is 2. The van der Waals surface area contributed by atoms with Gasteiger partial charge in [0.15, 0.2) is 11.5 Å². The van der Waals surface area contributed by atoms with Crippen LogP contribution in [0.25, 0.3) is 5.57 Å². The second kappa shape index (κ2) is 8.81. The number of para-hydroxylation sites is 1. The van der Waals surface area contributed by atoms with E-state index >= 15 is 0 Å². The summed E-state index contributed by atoms with van der Waals surface area (Å²) >= 11 is 0. The highest BCUT2D eigenvalue weighted by Gasteiger charge is 2.43. The Kier molecular flexibility index (Phi) is 5.95. The topological polar surface area (TPSA) is 62.3 Å². The number of carbonyl (C=O) groups excluding carboxylic acids is 2. The molecule has 0 spiro atoms. The van der Waals surface area contributed by atoms with Crippen molar-refractivity contribution >= 4 is 23.1 Å². The first-order valence-corrected chi connectivity index (χ1v) is 10.5. The summed E-state index contributed by atoms with van der Waals surface area (Å²) in [7, 11) is 3.12. The third-order valence-corrected chi connectivity index (χ3v) is 5.88. The quantitative estimate of drug-likeness (QED) is 0.669. The number of benzene rings is 2. The smallest absolute Gasteiger partial charge is 0.282 e. The number of nitrogens with zero attached hydrogens (tertiary/aromatic N) is 3. The first-order valence-electron chi connectivity index (χ1n) is 10.5. The highest BCUT2D eigenvalue weighted by Crippen LogP contribution is 2.38. The van der Waals surface area contributed by atoms with Crippen molar-refractivity contribution in [2.24, 2.45) is 0 Å². The minimum absolute atomic E-state index is 0.286. The highest BCUT2D eigenvalue weighted by molar-refractivity contribution is 6.45. The molecule has 2 heterocycles. The zero-order chi connectivity index (χ0) is 22.0. The molecule has 1 fully saturated rings. The van der Waals surface area contributed by atoms with Crippen LogP contribution in [0, 0.1) is 0 Å². The van der Waals surface area contributed by atoms with Gasteiger partial charge in [0, 0.05) is 26.2 Å². The lowest BCUT2D eigenvalue weighted by atomic mass is 10.0. The summed E-state index contributed by atoms with van der Waals surface area (Å²) < 4.78 is 10.8. The first kappa shape index (κ1) is 20.9. The summed E-state index contributed by atoms with van der Waals surface area (Å²) in [4.78, 5) is 32.8. The molecule has 2 amide bonds. The summed E-state index contributed by atoms with van der Waals surface area (Å²) in [5, 5.41) is 0. The Morgan fingerprint density at radius 2 is 1.52 bits per heavy atom. The molecule has 162 valence electrons. The predicted octanol–water partition coefficient (Wildman–Crippen LogP) is 2.63. The number of hydrogen-bond acceptors (Lipinski definition) is 6. The lowest BCUT2D eigenvalue weighted by Gasteiger charge is -2.36. The normalized spacial score (nSPS) is 17.5. The monoisotopic (exact) mass is 421 g/mol. The molecule has 0 aliphatic carbocycles. The maximum Gasteiger partial charge on any atom is 0.282 e. The molecule has 7 heteroatoms. The Labute approximate surface area is 182 Å². The molecule has 4 rings (SSSR count). The van der Waals surface area contributed by atoms with Crippen molar-refractivity contribution in [3.63, 3.8) is 0 Å². The van der Waals surface area contributed by atoms with Crippen LogP contribution in [0.3, 0.4) is 0 Å². The van der Waals surface area contributed by atoms with Crippen LogP contribution in [0.1, 0.15) is 12.5 Å². The van der Waals surface area contributed by atoms with Gasteiger partial charge in [-0.3, -0.25) is 9.59 Å². The van der Waals surface area contributed by atoms with E-state index in [9.17, 15) is 9.59 Å². The van der Waals surface area contributed by atoms with E-state index in [1.807, 2.05) is 23.1 Å². The molecule has 0 bridgehead atoms. The number of carbonyl (C=O) groups is 2. The van der Waals surface area contributed by atoms with Crippen molar-refractivity contribution in [2.45, 2.75) is 6.92 Å². The van der Waals surface area contributed by atoms with Gasteiger partial charge in [-0.15, -0.1) is 0 Å². The van der Waals surface area contributed by atoms with Gasteiger partial charge >= 0.3 is 0 Å². The van der Waals surface area contributed by atoms with Crippen LogP contribution in [-0.2, 0) is 9.59 Å². The Hall–Kier alpha value is -3.32. The lowest BCUT2D eigenvalue weighted by molar-refractivity contribution is -0.120. The minimum atomic E-state index is -0.323. The van der Waals surface area contributed by atoms with Crippen molar-refractivity contribution in [2.75, 3.05) is 51.8 Å². The average Bonchev–Trinajstić information content (AvgIpc) is 3.09.